The first kappa shape index (κ1) is 17.7. The van der Waals surface area contributed by atoms with E-state index < -0.39 is 0 Å². The molecular formula is C19H29N5O. The van der Waals surface area contributed by atoms with E-state index in [1.54, 1.807) is 0 Å². The van der Waals surface area contributed by atoms with Crippen LogP contribution in [0.3, 0.4) is 0 Å². The molecule has 0 unspecified atom stereocenters. The fourth-order valence-electron chi connectivity index (χ4n) is 3.32. The number of guanidine groups is 1. The molecule has 0 atom stereocenters. The summed E-state index contributed by atoms with van der Waals surface area (Å²) in [6, 6.07) is 8.13. The van der Waals surface area contributed by atoms with E-state index in [-0.39, 0.29) is 0 Å². The van der Waals surface area contributed by atoms with Crippen molar-refractivity contribution in [2.75, 3.05) is 40.4 Å². The van der Waals surface area contributed by atoms with Gasteiger partial charge in [-0.15, -0.1) is 0 Å². The van der Waals surface area contributed by atoms with Gasteiger partial charge < -0.3 is 19.9 Å². The number of H-pyrrole nitrogens is 1. The monoisotopic (exact) mass is 343 g/mol. The standard InChI is InChI=1S/C19H29N5O/c1-20-19(24(2)12-8-15-9-13-25-14-10-15)21-11-7-18-22-16-5-3-4-6-17(16)23-18/h3-6,15H,7-14H2,1-2H3,(H,20,21)(H,22,23). The van der Waals surface area contributed by atoms with Gasteiger partial charge in [0.1, 0.15) is 5.82 Å². The number of benzene rings is 1. The highest BCUT2D eigenvalue weighted by atomic mass is 16.5. The molecule has 2 heterocycles. The van der Waals surface area contributed by atoms with Crippen molar-refractivity contribution in [3.8, 4) is 0 Å². The van der Waals surface area contributed by atoms with Crippen LogP contribution in [-0.2, 0) is 11.2 Å². The molecule has 2 N–H and O–H groups in total. The van der Waals surface area contributed by atoms with Crippen LogP contribution < -0.4 is 5.32 Å². The highest BCUT2D eigenvalue weighted by Crippen LogP contribution is 2.18. The number of hydrogen-bond acceptors (Lipinski definition) is 3. The van der Waals surface area contributed by atoms with Crippen molar-refractivity contribution < 1.29 is 4.74 Å². The van der Waals surface area contributed by atoms with Gasteiger partial charge in [-0.05, 0) is 37.3 Å². The Morgan fingerprint density at radius 3 is 2.92 bits per heavy atom. The Labute approximate surface area is 149 Å². The van der Waals surface area contributed by atoms with Crippen molar-refractivity contribution in [3.05, 3.63) is 30.1 Å². The average molecular weight is 343 g/mol. The minimum Gasteiger partial charge on any atom is -0.381 e. The quantitative estimate of drug-likeness (QED) is 0.624. The van der Waals surface area contributed by atoms with E-state index in [2.05, 4.69) is 38.3 Å². The molecule has 0 radical (unpaired) electrons. The molecule has 1 fully saturated rings. The topological polar surface area (TPSA) is 65.5 Å². The predicted molar refractivity (Wildman–Crippen MR) is 102 cm³/mol. The summed E-state index contributed by atoms with van der Waals surface area (Å²) in [6.07, 6.45) is 4.42. The first-order valence-electron chi connectivity index (χ1n) is 9.19. The second kappa shape index (κ2) is 8.85. The average Bonchev–Trinajstić information content (AvgIpc) is 3.07. The van der Waals surface area contributed by atoms with Crippen molar-refractivity contribution in [2.45, 2.75) is 25.7 Å². The second-order valence-electron chi connectivity index (χ2n) is 6.69. The Morgan fingerprint density at radius 1 is 1.36 bits per heavy atom. The maximum Gasteiger partial charge on any atom is 0.193 e. The first-order valence-corrected chi connectivity index (χ1v) is 9.19. The van der Waals surface area contributed by atoms with Crippen LogP contribution >= 0.6 is 0 Å². The Morgan fingerprint density at radius 2 is 2.16 bits per heavy atom. The molecule has 25 heavy (non-hydrogen) atoms. The number of fused-ring (bicyclic) bond motifs is 1. The fraction of sp³-hybridized carbons (Fsp3) is 0.579. The molecule has 0 bridgehead atoms. The SMILES string of the molecule is CN=C(NCCc1nc2ccccc2[nH]1)N(C)CCC1CCOCC1. The Bertz CT molecular complexity index is 657. The minimum absolute atomic E-state index is 0.782. The minimum atomic E-state index is 0.782. The third-order valence-corrected chi connectivity index (χ3v) is 4.87. The number of imidazole rings is 1. The fourth-order valence-corrected chi connectivity index (χ4v) is 3.32. The van der Waals surface area contributed by atoms with E-state index in [4.69, 9.17) is 4.74 Å². The van der Waals surface area contributed by atoms with Crippen molar-refractivity contribution in [1.82, 2.24) is 20.2 Å². The lowest BCUT2D eigenvalue weighted by atomic mass is 9.96. The summed E-state index contributed by atoms with van der Waals surface area (Å²) in [5.41, 5.74) is 2.12. The maximum absolute atomic E-state index is 5.43. The van der Waals surface area contributed by atoms with Crippen molar-refractivity contribution >= 4 is 17.0 Å². The molecule has 1 aliphatic heterocycles. The summed E-state index contributed by atoms with van der Waals surface area (Å²) in [5, 5.41) is 3.44. The number of para-hydroxylation sites is 2. The van der Waals surface area contributed by atoms with Gasteiger partial charge in [0.05, 0.1) is 11.0 Å². The molecule has 1 saturated heterocycles. The van der Waals surface area contributed by atoms with Crippen LogP contribution in [0.1, 0.15) is 25.1 Å². The molecule has 1 aromatic carbocycles. The lowest BCUT2D eigenvalue weighted by molar-refractivity contribution is 0.0625. The number of ether oxygens (including phenoxy) is 1. The summed E-state index contributed by atoms with van der Waals surface area (Å²) in [6.45, 7) is 3.67. The van der Waals surface area contributed by atoms with Gasteiger partial charge in [0, 0.05) is 46.8 Å². The summed E-state index contributed by atoms with van der Waals surface area (Å²) in [4.78, 5) is 14.6. The lowest BCUT2D eigenvalue weighted by Crippen LogP contribution is -2.40. The molecule has 0 saturated carbocycles. The molecule has 2 aromatic rings. The highest BCUT2D eigenvalue weighted by Gasteiger charge is 2.15. The number of aromatic amines is 1. The number of rotatable bonds is 6. The summed E-state index contributed by atoms with van der Waals surface area (Å²) in [5.74, 6) is 2.74. The van der Waals surface area contributed by atoms with Gasteiger partial charge in [-0.3, -0.25) is 4.99 Å². The van der Waals surface area contributed by atoms with Gasteiger partial charge in [0.15, 0.2) is 5.96 Å². The third-order valence-electron chi connectivity index (χ3n) is 4.87. The van der Waals surface area contributed by atoms with Gasteiger partial charge in [-0.1, -0.05) is 12.1 Å². The summed E-state index contributed by atoms with van der Waals surface area (Å²) < 4.78 is 5.43. The van der Waals surface area contributed by atoms with Gasteiger partial charge in [-0.25, -0.2) is 4.98 Å². The molecule has 1 aliphatic rings. The summed E-state index contributed by atoms with van der Waals surface area (Å²) in [7, 11) is 3.95. The maximum atomic E-state index is 5.43. The molecule has 3 rings (SSSR count). The van der Waals surface area contributed by atoms with Crippen molar-refractivity contribution in [3.63, 3.8) is 0 Å². The van der Waals surface area contributed by atoms with E-state index >= 15 is 0 Å². The van der Waals surface area contributed by atoms with E-state index in [0.717, 1.165) is 61.5 Å². The van der Waals surface area contributed by atoms with Crippen molar-refractivity contribution in [1.29, 1.82) is 0 Å². The zero-order valence-electron chi connectivity index (χ0n) is 15.3. The normalized spacial score (nSPS) is 16.3. The van der Waals surface area contributed by atoms with E-state index in [9.17, 15) is 0 Å². The second-order valence-corrected chi connectivity index (χ2v) is 6.69. The molecule has 1 aromatic heterocycles. The van der Waals surface area contributed by atoms with Gasteiger partial charge in [0.25, 0.3) is 0 Å². The number of hydrogen-bond donors (Lipinski definition) is 2. The highest BCUT2D eigenvalue weighted by molar-refractivity contribution is 5.79. The Hall–Kier alpha value is -2.08. The largest absolute Gasteiger partial charge is 0.381 e. The van der Waals surface area contributed by atoms with Crippen LogP contribution in [0.25, 0.3) is 11.0 Å². The first-order chi connectivity index (χ1) is 12.3. The smallest absolute Gasteiger partial charge is 0.193 e. The molecule has 0 spiro atoms. The van der Waals surface area contributed by atoms with Crippen LogP contribution in [0.2, 0.25) is 0 Å². The molecule has 136 valence electrons. The van der Waals surface area contributed by atoms with Crippen LogP contribution in [0.15, 0.2) is 29.3 Å². The van der Waals surface area contributed by atoms with Gasteiger partial charge in [0.2, 0.25) is 0 Å². The number of nitrogens with zero attached hydrogens (tertiary/aromatic N) is 3. The Balaban J connectivity index is 1.43. The van der Waals surface area contributed by atoms with E-state index in [0.29, 0.717) is 0 Å². The van der Waals surface area contributed by atoms with Gasteiger partial charge >= 0.3 is 0 Å². The number of nitrogens with one attached hydrogen (secondary N) is 2. The van der Waals surface area contributed by atoms with Crippen LogP contribution in [0, 0.1) is 5.92 Å². The van der Waals surface area contributed by atoms with Gasteiger partial charge in [-0.2, -0.15) is 0 Å². The zero-order valence-corrected chi connectivity index (χ0v) is 15.3. The van der Waals surface area contributed by atoms with Crippen LogP contribution in [0.4, 0.5) is 0 Å². The van der Waals surface area contributed by atoms with E-state index in [1.165, 1.54) is 19.3 Å². The Kier molecular flexibility index (Phi) is 6.28. The molecule has 6 heteroatoms. The molecular weight excluding hydrogens is 314 g/mol. The van der Waals surface area contributed by atoms with Crippen LogP contribution in [-0.4, -0.2) is 61.2 Å². The zero-order chi connectivity index (χ0) is 17.5. The van der Waals surface area contributed by atoms with E-state index in [1.807, 2.05) is 25.2 Å². The van der Waals surface area contributed by atoms with Crippen LogP contribution in [0.5, 0.6) is 0 Å². The molecule has 0 aliphatic carbocycles. The third kappa shape index (κ3) is 4.95. The summed E-state index contributed by atoms with van der Waals surface area (Å²) >= 11 is 0. The predicted octanol–water partition coefficient (Wildman–Crippen LogP) is 2.43. The number of aliphatic imine (C=N–C) groups is 1. The van der Waals surface area contributed by atoms with Crippen molar-refractivity contribution in [2.24, 2.45) is 10.9 Å². The molecule has 6 nitrogen and oxygen atoms in total. The number of aromatic nitrogens is 2. The lowest BCUT2D eigenvalue weighted by Gasteiger charge is -2.26. The molecule has 0 amide bonds.